The molecule has 142 valence electrons. The van der Waals surface area contributed by atoms with Crippen LogP contribution >= 0.6 is 0 Å². The lowest BCUT2D eigenvalue weighted by Crippen LogP contribution is -2.59. The van der Waals surface area contributed by atoms with Gasteiger partial charge in [-0.15, -0.1) is 0 Å². The summed E-state index contributed by atoms with van der Waals surface area (Å²) < 4.78 is 26.5. The molecule has 0 bridgehead atoms. The van der Waals surface area contributed by atoms with Crippen molar-refractivity contribution < 1.29 is 42.9 Å². The third kappa shape index (κ3) is 6.43. The Bertz CT molecular complexity index is 516. The molecular weight excluding hydrogens is 336 g/mol. The zero-order valence-electron chi connectivity index (χ0n) is 15.0. The van der Waals surface area contributed by atoms with E-state index in [9.17, 15) is 19.2 Å². The molecule has 0 amide bonds. The van der Waals surface area contributed by atoms with Crippen molar-refractivity contribution in [3.8, 4) is 0 Å². The van der Waals surface area contributed by atoms with Crippen molar-refractivity contribution in [1.82, 2.24) is 0 Å². The first-order valence-corrected chi connectivity index (χ1v) is 7.81. The van der Waals surface area contributed by atoms with E-state index in [1.54, 1.807) is 0 Å². The molecule has 0 saturated carbocycles. The summed E-state index contributed by atoms with van der Waals surface area (Å²) in [6.07, 6.45) is -3.85. The number of hydrogen-bond acceptors (Lipinski definition) is 9. The van der Waals surface area contributed by atoms with E-state index in [0.717, 1.165) is 0 Å². The molecule has 0 aliphatic carbocycles. The number of ketones is 1. The van der Waals surface area contributed by atoms with Crippen LogP contribution in [0.15, 0.2) is 0 Å². The molecule has 0 unspecified atom stereocenters. The first-order valence-electron chi connectivity index (χ1n) is 7.81. The average Bonchev–Trinajstić information content (AvgIpc) is 2.48. The van der Waals surface area contributed by atoms with Crippen LogP contribution in [0.3, 0.4) is 0 Å². The lowest BCUT2D eigenvalue weighted by molar-refractivity contribution is -0.285. The molecule has 0 radical (unpaired) electrons. The summed E-state index contributed by atoms with van der Waals surface area (Å²) >= 11 is 0. The Hall–Kier alpha value is -2.00. The van der Waals surface area contributed by atoms with Crippen LogP contribution in [-0.4, -0.2) is 62.0 Å². The van der Waals surface area contributed by atoms with Gasteiger partial charge in [0.25, 0.3) is 0 Å². The summed E-state index contributed by atoms with van der Waals surface area (Å²) in [6.45, 7) is 4.77. The Balaban J connectivity index is 3.18. The van der Waals surface area contributed by atoms with Crippen molar-refractivity contribution in [2.24, 2.45) is 5.92 Å². The largest absolute Gasteiger partial charge is 0.463 e. The zero-order valence-corrected chi connectivity index (χ0v) is 15.0. The van der Waals surface area contributed by atoms with Gasteiger partial charge in [-0.25, -0.2) is 0 Å². The van der Waals surface area contributed by atoms with Crippen molar-refractivity contribution in [3.63, 3.8) is 0 Å². The van der Waals surface area contributed by atoms with Crippen LogP contribution < -0.4 is 0 Å². The first-order chi connectivity index (χ1) is 11.6. The van der Waals surface area contributed by atoms with Crippen molar-refractivity contribution in [2.45, 2.75) is 58.7 Å². The van der Waals surface area contributed by atoms with Gasteiger partial charge in [0, 0.05) is 34.3 Å². The minimum atomic E-state index is -1.04. The standard InChI is InChI=1S/C16H24O9/c1-8(17)6-12-14(23-10(3)19)15(24-11(4)20)13(7-22-9(2)18)25-16(12)21-5/h12-16H,6-7H2,1-5H3/t12-,13+,14+,15+,16-/m0/s1. The van der Waals surface area contributed by atoms with Gasteiger partial charge in [-0.1, -0.05) is 0 Å². The molecule has 1 rings (SSSR count). The van der Waals surface area contributed by atoms with Gasteiger partial charge in [-0.05, 0) is 6.92 Å². The quantitative estimate of drug-likeness (QED) is 0.469. The van der Waals surface area contributed by atoms with Crippen molar-refractivity contribution in [3.05, 3.63) is 0 Å². The Morgan fingerprint density at radius 2 is 1.44 bits per heavy atom. The fourth-order valence-corrected chi connectivity index (χ4v) is 2.75. The average molecular weight is 360 g/mol. The molecule has 0 aromatic heterocycles. The molecule has 9 heteroatoms. The normalized spacial score (nSPS) is 28.8. The molecule has 0 aromatic rings. The topological polar surface area (TPSA) is 114 Å². The van der Waals surface area contributed by atoms with Gasteiger partial charge in [0.15, 0.2) is 12.4 Å². The Kier molecular flexibility index (Phi) is 7.98. The number of rotatable bonds is 7. The van der Waals surface area contributed by atoms with Crippen LogP contribution in [0.5, 0.6) is 0 Å². The molecule has 0 spiro atoms. The number of methoxy groups -OCH3 is 1. The predicted octanol–water partition coefficient (Wildman–Crippen LogP) is 0.379. The molecule has 25 heavy (non-hydrogen) atoms. The highest BCUT2D eigenvalue weighted by atomic mass is 16.7. The fourth-order valence-electron chi connectivity index (χ4n) is 2.75. The maximum Gasteiger partial charge on any atom is 0.303 e. The molecule has 1 aliphatic rings. The molecule has 5 atom stereocenters. The van der Waals surface area contributed by atoms with Crippen LogP contribution in [0.25, 0.3) is 0 Å². The Morgan fingerprint density at radius 3 is 1.88 bits per heavy atom. The lowest BCUT2D eigenvalue weighted by Gasteiger charge is -2.44. The Labute approximate surface area is 145 Å². The van der Waals surface area contributed by atoms with E-state index >= 15 is 0 Å². The Morgan fingerprint density at radius 1 is 0.880 bits per heavy atom. The number of hydrogen-bond donors (Lipinski definition) is 0. The van der Waals surface area contributed by atoms with Gasteiger partial charge < -0.3 is 28.5 Å². The second kappa shape index (κ2) is 9.47. The summed E-state index contributed by atoms with van der Waals surface area (Å²) in [4.78, 5) is 45.7. The summed E-state index contributed by atoms with van der Waals surface area (Å²) in [7, 11) is 1.37. The molecule has 9 nitrogen and oxygen atoms in total. The monoisotopic (exact) mass is 360 g/mol. The highest BCUT2D eigenvalue weighted by Crippen LogP contribution is 2.33. The highest BCUT2D eigenvalue weighted by molar-refractivity contribution is 5.76. The van der Waals surface area contributed by atoms with E-state index in [-0.39, 0.29) is 18.8 Å². The molecule has 1 heterocycles. The van der Waals surface area contributed by atoms with E-state index in [0.29, 0.717) is 0 Å². The van der Waals surface area contributed by atoms with Crippen LogP contribution in [0.2, 0.25) is 0 Å². The number of carbonyl (C=O) groups is 4. The SMILES string of the molecule is CO[C@H]1O[C@H](COC(C)=O)[C@@H](OC(C)=O)[C@H](OC(C)=O)[C@@H]1CC(C)=O. The zero-order chi connectivity index (χ0) is 19.1. The van der Waals surface area contributed by atoms with Crippen LogP contribution in [0.1, 0.15) is 34.1 Å². The van der Waals surface area contributed by atoms with Crippen LogP contribution in [0, 0.1) is 5.92 Å². The second-order valence-corrected chi connectivity index (χ2v) is 5.80. The highest BCUT2D eigenvalue weighted by Gasteiger charge is 2.50. The summed E-state index contributed by atoms with van der Waals surface area (Å²) in [5.74, 6) is -2.64. The molecule has 0 N–H and O–H groups in total. The van der Waals surface area contributed by atoms with Crippen molar-refractivity contribution in [1.29, 1.82) is 0 Å². The van der Waals surface area contributed by atoms with Gasteiger partial charge in [0.05, 0.1) is 5.92 Å². The van der Waals surface area contributed by atoms with Gasteiger partial charge in [-0.2, -0.15) is 0 Å². The fraction of sp³-hybridized carbons (Fsp3) is 0.750. The van der Waals surface area contributed by atoms with E-state index < -0.39 is 48.4 Å². The number of Topliss-reactive ketones (excluding diaryl/α,β-unsaturated/α-hetero) is 1. The predicted molar refractivity (Wildman–Crippen MR) is 82.2 cm³/mol. The summed E-state index contributed by atoms with van der Waals surface area (Å²) in [5.41, 5.74) is 0. The minimum absolute atomic E-state index is 0.00545. The number of esters is 3. The van der Waals surface area contributed by atoms with Gasteiger partial charge in [-0.3, -0.25) is 14.4 Å². The van der Waals surface area contributed by atoms with E-state index in [4.69, 9.17) is 23.7 Å². The second-order valence-electron chi connectivity index (χ2n) is 5.80. The molecular formula is C16H24O9. The minimum Gasteiger partial charge on any atom is -0.463 e. The van der Waals surface area contributed by atoms with Gasteiger partial charge >= 0.3 is 17.9 Å². The van der Waals surface area contributed by atoms with Crippen molar-refractivity contribution in [2.75, 3.05) is 13.7 Å². The number of carbonyl (C=O) groups excluding carboxylic acids is 4. The molecule has 1 saturated heterocycles. The first kappa shape index (κ1) is 21.0. The van der Waals surface area contributed by atoms with Gasteiger partial charge in [0.1, 0.15) is 24.6 Å². The molecule has 1 fully saturated rings. The van der Waals surface area contributed by atoms with Crippen LogP contribution in [-0.2, 0) is 42.9 Å². The van der Waals surface area contributed by atoms with Gasteiger partial charge in [0.2, 0.25) is 0 Å². The maximum atomic E-state index is 11.6. The third-order valence-electron chi connectivity index (χ3n) is 3.58. The lowest BCUT2D eigenvalue weighted by atomic mass is 9.87. The smallest absolute Gasteiger partial charge is 0.303 e. The van der Waals surface area contributed by atoms with Crippen LogP contribution in [0.4, 0.5) is 0 Å². The molecule has 0 aromatic carbocycles. The molecule has 1 aliphatic heterocycles. The third-order valence-corrected chi connectivity index (χ3v) is 3.58. The summed E-state index contributed by atoms with van der Waals surface area (Å²) in [6, 6.07) is 0. The van der Waals surface area contributed by atoms with E-state index in [2.05, 4.69) is 0 Å². The van der Waals surface area contributed by atoms with E-state index in [1.807, 2.05) is 0 Å². The maximum absolute atomic E-state index is 11.6. The van der Waals surface area contributed by atoms with E-state index in [1.165, 1.54) is 34.8 Å². The van der Waals surface area contributed by atoms with Crippen molar-refractivity contribution >= 4 is 23.7 Å². The summed E-state index contributed by atoms with van der Waals surface area (Å²) in [5, 5.41) is 0. The number of ether oxygens (including phenoxy) is 5.